The number of benzene rings is 1. The smallest absolute Gasteiger partial charge is 0.159 e. The van der Waals surface area contributed by atoms with E-state index in [1.54, 1.807) is 19.5 Å². The molecule has 1 aliphatic heterocycles. The molecule has 3 aromatic heterocycles. The van der Waals surface area contributed by atoms with E-state index in [1.165, 1.54) is 0 Å². The average Bonchev–Trinajstić information content (AvgIpc) is 3.37. The highest BCUT2D eigenvalue weighted by molar-refractivity contribution is 5.69. The van der Waals surface area contributed by atoms with Gasteiger partial charge in [-0.2, -0.15) is 0 Å². The normalized spacial score (nSPS) is 14.9. The fraction of sp³-hybridized carbons (Fsp3) is 0.321. The number of rotatable bonds is 7. The van der Waals surface area contributed by atoms with Crippen molar-refractivity contribution in [3.8, 4) is 28.3 Å². The molecule has 0 atom stereocenters. The van der Waals surface area contributed by atoms with Gasteiger partial charge in [-0.15, -0.1) is 0 Å². The van der Waals surface area contributed by atoms with Crippen LogP contribution in [0.1, 0.15) is 42.9 Å². The van der Waals surface area contributed by atoms with E-state index >= 15 is 0 Å². The third-order valence-corrected chi connectivity index (χ3v) is 6.56. The van der Waals surface area contributed by atoms with Gasteiger partial charge in [0.15, 0.2) is 5.82 Å². The Labute approximate surface area is 200 Å². The molecule has 5 rings (SSSR count). The number of furan rings is 1. The van der Waals surface area contributed by atoms with Gasteiger partial charge in [0.25, 0.3) is 0 Å². The highest BCUT2D eigenvalue weighted by Crippen LogP contribution is 2.36. The van der Waals surface area contributed by atoms with Crippen molar-refractivity contribution >= 4 is 0 Å². The van der Waals surface area contributed by atoms with Crippen molar-refractivity contribution in [3.05, 3.63) is 84.3 Å². The molecule has 0 unspecified atom stereocenters. The first-order valence-electron chi connectivity index (χ1n) is 11.9. The zero-order valence-corrected chi connectivity index (χ0v) is 19.8. The summed E-state index contributed by atoms with van der Waals surface area (Å²) in [6.45, 7) is 5.01. The summed E-state index contributed by atoms with van der Waals surface area (Å²) in [5.74, 6) is 4.05. The molecule has 6 nitrogen and oxygen atoms in total. The summed E-state index contributed by atoms with van der Waals surface area (Å²) in [5.41, 5.74) is 4.26. The highest BCUT2D eigenvalue weighted by atomic mass is 16.5. The third-order valence-electron chi connectivity index (χ3n) is 6.56. The summed E-state index contributed by atoms with van der Waals surface area (Å²) in [6.07, 6.45) is 8.56. The maximum absolute atomic E-state index is 5.93. The number of aromatic nitrogens is 3. The SMILES string of the molecule is CCc1ccc(CN2CCC(c3nc(-c4ccncc4)ncc3-c3cccc(OC)c3)CC2)o1. The maximum Gasteiger partial charge on any atom is 0.159 e. The van der Waals surface area contributed by atoms with Crippen molar-refractivity contribution in [2.45, 2.75) is 38.6 Å². The van der Waals surface area contributed by atoms with Gasteiger partial charge in [0.2, 0.25) is 0 Å². The van der Waals surface area contributed by atoms with Crippen LogP contribution in [0.15, 0.2) is 71.5 Å². The lowest BCUT2D eigenvalue weighted by Gasteiger charge is -2.32. The number of methoxy groups -OCH3 is 1. The molecule has 4 aromatic rings. The van der Waals surface area contributed by atoms with Gasteiger partial charge < -0.3 is 9.15 Å². The Morgan fingerprint density at radius 1 is 1.00 bits per heavy atom. The van der Waals surface area contributed by atoms with E-state index in [0.717, 1.165) is 84.4 Å². The first kappa shape index (κ1) is 22.3. The summed E-state index contributed by atoms with van der Waals surface area (Å²) in [5, 5.41) is 0. The van der Waals surface area contributed by atoms with Crippen molar-refractivity contribution in [1.82, 2.24) is 19.9 Å². The van der Waals surface area contributed by atoms with Crippen LogP contribution in [0, 0.1) is 0 Å². The molecule has 1 saturated heterocycles. The Bertz CT molecular complexity index is 1230. The van der Waals surface area contributed by atoms with E-state index in [2.05, 4.69) is 41.1 Å². The molecule has 1 fully saturated rings. The van der Waals surface area contributed by atoms with Crippen LogP contribution in [0.25, 0.3) is 22.5 Å². The van der Waals surface area contributed by atoms with E-state index < -0.39 is 0 Å². The summed E-state index contributed by atoms with van der Waals surface area (Å²) in [6, 6.07) is 16.3. The quantitative estimate of drug-likeness (QED) is 0.354. The van der Waals surface area contributed by atoms with Crippen molar-refractivity contribution in [2.24, 2.45) is 0 Å². The van der Waals surface area contributed by atoms with Gasteiger partial charge in [-0.25, -0.2) is 9.97 Å². The molecule has 174 valence electrons. The van der Waals surface area contributed by atoms with Crippen LogP contribution in [0.2, 0.25) is 0 Å². The molecular weight excluding hydrogens is 424 g/mol. The molecule has 0 N–H and O–H groups in total. The Morgan fingerprint density at radius 2 is 1.79 bits per heavy atom. The van der Waals surface area contributed by atoms with Gasteiger partial charge in [-0.1, -0.05) is 19.1 Å². The molecule has 1 aliphatic rings. The van der Waals surface area contributed by atoms with Crippen LogP contribution in [0.4, 0.5) is 0 Å². The molecule has 0 aliphatic carbocycles. The fourth-order valence-corrected chi connectivity index (χ4v) is 4.64. The number of aryl methyl sites for hydroxylation is 1. The van der Waals surface area contributed by atoms with E-state index in [9.17, 15) is 0 Å². The molecule has 34 heavy (non-hydrogen) atoms. The summed E-state index contributed by atoms with van der Waals surface area (Å²) < 4.78 is 11.4. The molecule has 0 spiro atoms. The Kier molecular flexibility index (Phi) is 6.67. The zero-order chi connectivity index (χ0) is 23.3. The van der Waals surface area contributed by atoms with E-state index in [1.807, 2.05) is 30.5 Å². The molecule has 0 saturated carbocycles. The molecular formula is C28H30N4O2. The van der Waals surface area contributed by atoms with Crippen molar-refractivity contribution in [1.29, 1.82) is 0 Å². The van der Waals surface area contributed by atoms with E-state index in [-0.39, 0.29) is 0 Å². The highest BCUT2D eigenvalue weighted by Gasteiger charge is 2.26. The molecule has 0 radical (unpaired) electrons. The summed E-state index contributed by atoms with van der Waals surface area (Å²) in [4.78, 5) is 16.4. The topological polar surface area (TPSA) is 64.3 Å². The largest absolute Gasteiger partial charge is 0.497 e. The molecule has 0 amide bonds. The number of hydrogen-bond donors (Lipinski definition) is 0. The Morgan fingerprint density at radius 3 is 2.53 bits per heavy atom. The maximum atomic E-state index is 5.93. The first-order valence-corrected chi connectivity index (χ1v) is 11.9. The van der Waals surface area contributed by atoms with E-state index in [0.29, 0.717) is 5.92 Å². The van der Waals surface area contributed by atoms with Crippen molar-refractivity contribution in [2.75, 3.05) is 20.2 Å². The predicted molar refractivity (Wildman–Crippen MR) is 133 cm³/mol. The zero-order valence-electron chi connectivity index (χ0n) is 19.8. The predicted octanol–water partition coefficient (Wildman–Crippen LogP) is 5.75. The summed E-state index contributed by atoms with van der Waals surface area (Å²) in [7, 11) is 1.70. The van der Waals surface area contributed by atoms with Crippen LogP contribution in [0.3, 0.4) is 0 Å². The Balaban J connectivity index is 1.41. The second-order valence-corrected chi connectivity index (χ2v) is 8.73. The third kappa shape index (κ3) is 4.87. The standard InChI is InChI=1S/C28H30N4O2/c1-3-23-7-8-25(34-23)19-32-15-11-20(12-16-32)27-26(22-5-4-6-24(17-22)33-2)18-30-28(31-27)21-9-13-29-14-10-21/h4-10,13-14,17-18,20H,3,11-12,15-16,19H2,1-2H3. The van der Waals surface area contributed by atoms with Gasteiger partial charge in [0.05, 0.1) is 19.3 Å². The number of piperidine rings is 1. The number of nitrogens with zero attached hydrogens (tertiary/aromatic N) is 4. The second-order valence-electron chi connectivity index (χ2n) is 8.73. The number of pyridine rings is 1. The lowest BCUT2D eigenvalue weighted by atomic mass is 9.88. The van der Waals surface area contributed by atoms with Crippen molar-refractivity contribution < 1.29 is 9.15 Å². The number of likely N-dealkylation sites (tertiary alicyclic amines) is 1. The Hall–Kier alpha value is -3.51. The van der Waals surface area contributed by atoms with Gasteiger partial charge >= 0.3 is 0 Å². The number of ether oxygens (including phenoxy) is 1. The minimum Gasteiger partial charge on any atom is -0.497 e. The van der Waals surface area contributed by atoms with Gasteiger partial charge in [-0.05, 0) is 67.9 Å². The van der Waals surface area contributed by atoms with Gasteiger partial charge in [-0.3, -0.25) is 9.88 Å². The summed E-state index contributed by atoms with van der Waals surface area (Å²) >= 11 is 0. The fourth-order valence-electron chi connectivity index (χ4n) is 4.64. The first-order chi connectivity index (χ1) is 16.7. The lowest BCUT2D eigenvalue weighted by Crippen LogP contribution is -2.32. The van der Waals surface area contributed by atoms with Crippen LogP contribution < -0.4 is 4.74 Å². The monoisotopic (exact) mass is 454 g/mol. The molecule has 0 bridgehead atoms. The van der Waals surface area contributed by atoms with Crippen LogP contribution in [-0.2, 0) is 13.0 Å². The van der Waals surface area contributed by atoms with E-state index in [4.69, 9.17) is 19.1 Å². The molecule has 1 aromatic carbocycles. The lowest BCUT2D eigenvalue weighted by molar-refractivity contribution is 0.188. The van der Waals surface area contributed by atoms with Crippen LogP contribution in [0.5, 0.6) is 5.75 Å². The minimum atomic E-state index is 0.365. The molecule has 4 heterocycles. The van der Waals surface area contributed by atoms with Crippen LogP contribution >= 0.6 is 0 Å². The second kappa shape index (κ2) is 10.2. The van der Waals surface area contributed by atoms with Crippen LogP contribution in [-0.4, -0.2) is 40.1 Å². The number of hydrogen-bond acceptors (Lipinski definition) is 6. The van der Waals surface area contributed by atoms with Gasteiger partial charge in [0.1, 0.15) is 17.3 Å². The minimum absolute atomic E-state index is 0.365. The molecule has 6 heteroatoms. The van der Waals surface area contributed by atoms with Crippen molar-refractivity contribution in [3.63, 3.8) is 0 Å². The average molecular weight is 455 g/mol. The van der Waals surface area contributed by atoms with Gasteiger partial charge in [0, 0.05) is 42.1 Å².